The van der Waals surface area contributed by atoms with Crippen LogP contribution in [0.5, 0.6) is 0 Å². The van der Waals surface area contributed by atoms with E-state index >= 15 is 0 Å². The van der Waals surface area contributed by atoms with Crippen LogP contribution < -0.4 is 10.6 Å². The summed E-state index contributed by atoms with van der Waals surface area (Å²) in [7, 11) is 1.73. The maximum atomic E-state index is 5.55. The Bertz CT molecular complexity index is 836. The molecular formula is C18H23IN6O. The Morgan fingerprint density at radius 2 is 1.88 bits per heavy atom. The molecule has 2 N–H and O–H groups in total. The Kier molecular flexibility index (Phi) is 7.19. The van der Waals surface area contributed by atoms with Gasteiger partial charge in [-0.1, -0.05) is 18.2 Å². The lowest BCUT2D eigenvalue weighted by Crippen LogP contribution is -2.36. The SMILES string of the molecule is CN=C(NCc1cnn(-c2ccccc2)c1)NCc1nc(C)c(C)o1.I. The van der Waals surface area contributed by atoms with Crippen LogP contribution in [-0.4, -0.2) is 27.8 Å². The summed E-state index contributed by atoms with van der Waals surface area (Å²) in [6, 6.07) is 10.0. The van der Waals surface area contributed by atoms with E-state index in [4.69, 9.17) is 4.42 Å². The highest BCUT2D eigenvalue weighted by atomic mass is 127. The van der Waals surface area contributed by atoms with Gasteiger partial charge in [-0.2, -0.15) is 5.10 Å². The normalized spacial score (nSPS) is 11.1. The molecule has 0 saturated carbocycles. The number of nitrogens with zero attached hydrogens (tertiary/aromatic N) is 4. The van der Waals surface area contributed by atoms with Gasteiger partial charge in [-0.3, -0.25) is 4.99 Å². The van der Waals surface area contributed by atoms with E-state index in [0.717, 1.165) is 22.7 Å². The zero-order valence-electron chi connectivity index (χ0n) is 15.1. The number of oxazole rings is 1. The first-order valence-corrected chi connectivity index (χ1v) is 8.12. The molecule has 0 fully saturated rings. The molecule has 0 saturated heterocycles. The number of aromatic nitrogens is 3. The Labute approximate surface area is 169 Å². The summed E-state index contributed by atoms with van der Waals surface area (Å²) in [5, 5.41) is 10.8. The smallest absolute Gasteiger partial charge is 0.214 e. The molecule has 0 aliphatic carbocycles. The Hall–Kier alpha value is -2.36. The van der Waals surface area contributed by atoms with Crippen LogP contribution in [0.25, 0.3) is 5.69 Å². The van der Waals surface area contributed by atoms with Gasteiger partial charge in [0.05, 0.1) is 24.1 Å². The summed E-state index contributed by atoms with van der Waals surface area (Å²) >= 11 is 0. The highest BCUT2D eigenvalue weighted by Gasteiger charge is 2.07. The number of nitrogens with one attached hydrogen (secondary N) is 2. The second-order valence-corrected chi connectivity index (χ2v) is 5.66. The maximum Gasteiger partial charge on any atom is 0.214 e. The van der Waals surface area contributed by atoms with Gasteiger partial charge in [0.1, 0.15) is 5.76 Å². The zero-order chi connectivity index (χ0) is 17.6. The number of aryl methyl sites for hydroxylation is 2. The fraction of sp³-hybridized carbons (Fsp3) is 0.278. The van der Waals surface area contributed by atoms with E-state index in [-0.39, 0.29) is 24.0 Å². The van der Waals surface area contributed by atoms with Gasteiger partial charge >= 0.3 is 0 Å². The summed E-state index contributed by atoms with van der Waals surface area (Å²) in [4.78, 5) is 8.56. The van der Waals surface area contributed by atoms with Crippen molar-refractivity contribution in [3.63, 3.8) is 0 Å². The first-order valence-electron chi connectivity index (χ1n) is 8.12. The minimum atomic E-state index is 0. The Balaban J connectivity index is 0.00000243. The molecule has 0 atom stereocenters. The summed E-state index contributed by atoms with van der Waals surface area (Å²) in [6.07, 6.45) is 3.84. The van der Waals surface area contributed by atoms with Gasteiger partial charge < -0.3 is 15.1 Å². The van der Waals surface area contributed by atoms with Gasteiger partial charge in [-0.15, -0.1) is 24.0 Å². The van der Waals surface area contributed by atoms with Crippen LogP contribution >= 0.6 is 24.0 Å². The Morgan fingerprint density at radius 1 is 1.15 bits per heavy atom. The summed E-state index contributed by atoms with van der Waals surface area (Å²) < 4.78 is 7.41. The molecule has 0 spiro atoms. The van der Waals surface area contributed by atoms with Crippen LogP contribution in [-0.2, 0) is 13.1 Å². The van der Waals surface area contributed by atoms with Gasteiger partial charge in [0.15, 0.2) is 5.96 Å². The summed E-state index contributed by atoms with van der Waals surface area (Å²) in [5.41, 5.74) is 3.01. The predicted molar refractivity (Wildman–Crippen MR) is 112 cm³/mol. The maximum absolute atomic E-state index is 5.55. The number of guanidine groups is 1. The van der Waals surface area contributed by atoms with Crippen LogP contribution in [0.1, 0.15) is 22.9 Å². The van der Waals surface area contributed by atoms with E-state index in [0.29, 0.717) is 24.9 Å². The minimum Gasteiger partial charge on any atom is -0.444 e. The molecule has 2 aromatic heterocycles. The number of hydrogen-bond acceptors (Lipinski definition) is 4. The van der Waals surface area contributed by atoms with Crippen LogP contribution in [0.4, 0.5) is 0 Å². The molecule has 2 heterocycles. The second-order valence-electron chi connectivity index (χ2n) is 5.66. The molecular weight excluding hydrogens is 443 g/mol. The van der Waals surface area contributed by atoms with Crippen LogP contribution in [0.15, 0.2) is 52.1 Å². The van der Waals surface area contributed by atoms with Crippen molar-refractivity contribution in [2.24, 2.45) is 4.99 Å². The number of para-hydroxylation sites is 1. The largest absolute Gasteiger partial charge is 0.444 e. The third-order valence-corrected chi connectivity index (χ3v) is 3.82. The van der Waals surface area contributed by atoms with Crippen LogP contribution in [0.2, 0.25) is 0 Å². The van der Waals surface area contributed by atoms with Crippen molar-refractivity contribution in [1.82, 2.24) is 25.4 Å². The van der Waals surface area contributed by atoms with Crippen molar-refractivity contribution < 1.29 is 4.42 Å². The lowest BCUT2D eigenvalue weighted by Gasteiger charge is -2.09. The van der Waals surface area contributed by atoms with E-state index in [1.807, 2.05) is 61.3 Å². The van der Waals surface area contributed by atoms with E-state index in [2.05, 4.69) is 25.7 Å². The first-order chi connectivity index (χ1) is 12.2. The number of hydrogen-bond donors (Lipinski definition) is 2. The third kappa shape index (κ3) is 5.07. The van der Waals surface area contributed by atoms with E-state index in [1.54, 1.807) is 7.05 Å². The molecule has 1 aromatic carbocycles. The van der Waals surface area contributed by atoms with Crippen molar-refractivity contribution in [2.75, 3.05) is 7.05 Å². The molecule has 0 aliphatic rings. The number of halogens is 1. The fourth-order valence-corrected chi connectivity index (χ4v) is 2.35. The van der Waals surface area contributed by atoms with E-state index in [1.165, 1.54) is 0 Å². The fourth-order valence-electron chi connectivity index (χ4n) is 2.35. The second kappa shape index (κ2) is 9.37. The quantitative estimate of drug-likeness (QED) is 0.344. The van der Waals surface area contributed by atoms with Gasteiger partial charge in [0.2, 0.25) is 5.89 Å². The highest BCUT2D eigenvalue weighted by molar-refractivity contribution is 14.0. The summed E-state index contributed by atoms with van der Waals surface area (Å²) in [5.74, 6) is 2.17. The lowest BCUT2D eigenvalue weighted by atomic mass is 10.3. The van der Waals surface area contributed by atoms with Gasteiger partial charge in [0, 0.05) is 25.4 Å². The average Bonchev–Trinajstić information content (AvgIpc) is 3.23. The van der Waals surface area contributed by atoms with Crippen molar-refractivity contribution in [1.29, 1.82) is 0 Å². The average molecular weight is 466 g/mol. The number of rotatable bonds is 5. The number of benzene rings is 1. The Morgan fingerprint density at radius 3 is 2.54 bits per heavy atom. The van der Waals surface area contributed by atoms with Crippen molar-refractivity contribution >= 4 is 29.9 Å². The highest BCUT2D eigenvalue weighted by Crippen LogP contribution is 2.08. The molecule has 7 nitrogen and oxygen atoms in total. The standard InChI is InChI=1S/C18H22N6O.HI/c1-13-14(2)25-17(23-13)11-21-18(19-3)20-9-15-10-22-24(12-15)16-7-5-4-6-8-16;/h4-8,10,12H,9,11H2,1-3H3,(H2,19,20,21);1H. The van der Waals surface area contributed by atoms with E-state index in [9.17, 15) is 0 Å². The lowest BCUT2D eigenvalue weighted by molar-refractivity contribution is 0.463. The third-order valence-electron chi connectivity index (χ3n) is 3.82. The first kappa shape index (κ1) is 20.0. The van der Waals surface area contributed by atoms with Gasteiger partial charge in [-0.05, 0) is 26.0 Å². The van der Waals surface area contributed by atoms with E-state index < -0.39 is 0 Å². The zero-order valence-corrected chi connectivity index (χ0v) is 17.4. The molecule has 0 radical (unpaired) electrons. The molecule has 0 bridgehead atoms. The predicted octanol–water partition coefficient (Wildman–Crippen LogP) is 2.96. The van der Waals surface area contributed by atoms with Crippen LogP contribution in [0.3, 0.4) is 0 Å². The van der Waals surface area contributed by atoms with Crippen molar-refractivity contribution in [3.8, 4) is 5.69 Å². The molecule has 3 aromatic rings. The van der Waals surface area contributed by atoms with Crippen molar-refractivity contribution in [3.05, 3.63) is 65.6 Å². The van der Waals surface area contributed by atoms with Crippen molar-refractivity contribution in [2.45, 2.75) is 26.9 Å². The number of aliphatic imine (C=N–C) groups is 1. The summed E-state index contributed by atoms with van der Waals surface area (Å²) in [6.45, 7) is 4.94. The van der Waals surface area contributed by atoms with Gasteiger partial charge in [-0.25, -0.2) is 9.67 Å². The molecule has 0 amide bonds. The molecule has 3 rings (SSSR count). The monoisotopic (exact) mass is 466 g/mol. The minimum absolute atomic E-state index is 0. The van der Waals surface area contributed by atoms with Crippen LogP contribution in [0, 0.1) is 13.8 Å². The molecule has 26 heavy (non-hydrogen) atoms. The van der Waals surface area contributed by atoms with Gasteiger partial charge in [0.25, 0.3) is 0 Å². The molecule has 0 unspecified atom stereocenters. The molecule has 0 aliphatic heterocycles. The molecule has 138 valence electrons. The molecule has 8 heteroatoms. The topological polar surface area (TPSA) is 80.3 Å².